The molecule has 8 nitrogen and oxygen atoms in total. The van der Waals surface area contributed by atoms with E-state index in [4.69, 9.17) is 10.2 Å². The number of nitrogens with zero attached hydrogens (tertiary/aromatic N) is 4. The van der Waals surface area contributed by atoms with Crippen molar-refractivity contribution in [2.75, 3.05) is 11.1 Å². The Balaban J connectivity index is 1.73. The third kappa shape index (κ3) is 2.44. The van der Waals surface area contributed by atoms with Crippen molar-refractivity contribution in [1.29, 1.82) is 0 Å². The van der Waals surface area contributed by atoms with Crippen LogP contribution in [-0.4, -0.2) is 25.9 Å². The molecule has 1 amide bonds. The first kappa shape index (κ1) is 12.2. The van der Waals surface area contributed by atoms with Gasteiger partial charge in [-0.05, 0) is 12.1 Å². The first-order valence-electron chi connectivity index (χ1n) is 5.93. The number of fused-ring (bicyclic) bond motifs is 1. The Morgan fingerprint density at radius 3 is 3.10 bits per heavy atom. The second kappa shape index (κ2) is 4.65. The molecule has 2 aromatic heterocycles. The number of amides is 1. The van der Waals surface area contributed by atoms with Crippen LogP contribution < -0.4 is 11.1 Å². The lowest BCUT2D eigenvalue weighted by Gasteiger charge is -2.04. The maximum absolute atomic E-state index is 11.8. The van der Waals surface area contributed by atoms with Gasteiger partial charge in [-0.3, -0.25) is 4.79 Å². The molecule has 0 bridgehead atoms. The highest BCUT2D eigenvalue weighted by molar-refractivity contribution is 5.92. The molecule has 1 aromatic carbocycles. The van der Waals surface area contributed by atoms with E-state index >= 15 is 0 Å². The van der Waals surface area contributed by atoms with Crippen LogP contribution in [0.4, 0.5) is 11.5 Å². The van der Waals surface area contributed by atoms with Crippen molar-refractivity contribution in [1.82, 2.24) is 20.0 Å². The van der Waals surface area contributed by atoms with Crippen LogP contribution in [0.25, 0.3) is 11.1 Å². The van der Waals surface area contributed by atoms with Gasteiger partial charge in [0.1, 0.15) is 12.1 Å². The maximum atomic E-state index is 11.8. The molecule has 102 valence electrons. The monoisotopic (exact) mass is 272 g/mol. The van der Waals surface area contributed by atoms with E-state index in [-0.39, 0.29) is 18.3 Å². The predicted molar refractivity (Wildman–Crippen MR) is 71.8 cm³/mol. The molecule has 0 saturated carbocycles. The van der Waals surface area contributed by atoms with Crippen molar-refractivity contribution >= 4 is 28.5 Å². The molecule has 8 heteroatoms. The highest BCUT2D eigenvalue weighted by atomic mass is 16.3. The molecule has 3 N–H and O–H groups in total. The summed E-state index contributed by atoms with van der Waals surface area (Å²) >= 11 is 0. The van der Waals surface area contributed by atoms with Crippen molar-refractivity contribution in [3.05, 3.63) is 30.3 Å². The Kier molecular flexibility index (Phi) is 2.82. The molecule has 0 spiro atoms. The van der Waals surface area contributed by atoms with Gasteiger partial charge in [0.15, 0.2) is 17.3 Å². The van der Waals surface area contributed by atoms with Crippen molar-refractivity contribution in [3.63, 3.8) is 0 Å². The number of carbonyl (C=O) groups excluding carboxylic acids is 1. The summed E-state index contributed by atoms with van der Waals surface area (Å²) in [6.45, 7) is 1.81. The van der Waals surface area contributed by atoms with Gasteiger partial charge < -0.3 is 15.5 Å². The molecule has 0 radical (unpaired) electrons. The van der Waals surface area contributed by atoms with E-state index in [9.17, 15) is 4.79 Å². The topological polar surface area (TPSA) is 112 Å². The van der Waals surface area contributed by atoms with Crippen molar-refractivity contribution in [2.45, 2.75) is 13.5 Å². The number of anilines is 2. The zero-order valence-electron chi connectivity index (χ0n) is 10.7. The Labute approximate surface area is 113 Å². The Hall–Kier alpha value is -2.90. The van der Waals surface area contributed by atoms with Crippen LogP contribution in [0, 0.1) is 6.92 Å². The van der Waals surface area contributed by atoms with Gasteiger partial charge in [0.2, 0.25) is 5.91 Å². The van der Waals surface area contributed by atoms with Crippen molar-refractivity contribution < 1.29 is 9.21 Å². The molecule has 0 unspecified atom stereocenters. The normalized spacial score (nSPS) is 10.8. The molecular formula is C12H12N6O2. The molecule has 3 aromatic rings. The van der Waals surface area contributed by atoms with Crippen molar-refractivity contribution in [3.8, 4) is 0 Å². The van der Waals surface area contributed by atoms with Crippen LogP contribution in [0.3, 0.4) is 0 Å². The standard InChI is InChI=1S/C12H12N6O2/c1-7-14-9-3-2-8(4-10(9)20-7)15-12(19)6-18-5-11(13)16-17-18/h2-5H,6,13H2,1H3,(H,15,19). The number of oxazole rings is 1. The Morgan fingerprint density at radius 2 is 2.35 bits per heavy atom. The number of aryl methyl sites for hydroxylation is 1. The summed E-state index contributed by atoms with van der Waals surface area (Å²) in [6.07, 6.45) is 1.49. The lowest BCUT2D eigenvalue weighted by Crippen LogP contribution is -2.19. The van der Waals surface area contributed by atoms with Gasteiger partial charge >= 0.3 is 0 Å². The Morgan fingerprint density at radius 1 is 1.50 bits per heavy atom. The minimum Gasteiger partial charge on any atom is -0.441 e. The summed E-state index contributed by atoms with van der Waals surface area (Å²) in [5.41, 5.74) is 7.44. The number of nitrogens with one attached hydrogen (secondary N) is 1. The van der Waals surface area contributed by atoms with Crippen LogP contribution in [0.15, 0.2) is 28.8 Å². The first-order valence-corrected chi connectivity index (χ1v) is 5.93. The van der Waals surface area contributed by atoms with Gasteiger partial charge in [0.05, 0.1) is 6.20 Å². The summed E-state index contributed by atoms with van der Waals surface area (Å²) in [6, 6.07) is 5.27. The fourth-order valence-corrected chi connectivity index (χ4v) is 1.86. The lowest BCUT2D eigenvalue weighted by atomic mass is 10.3. The predicted octanol–water partition coefficient (Wildman–Crippen LogP) is 0.949. The fourth-order valence-electron chi connectivity index (χ4n) is 1.86. The minimum absolute atomic E-state index is 0.0394. The van der Waals surface area contributed by atoms with Gasteiger partial charge in [-0.25, -0.2) is 9.67 Å². The van der Waals surface area contributed by atoms with E-state index in [0.29, 0.717) is 17.2 Å². The van der Waals surface area contributed by atoms with Gasteiger partial charge in [0.25, 0.3) is 0 Å². The van der Waals surface area contributed by atoms with Gasteiger partial charge in [0, 0.05) is 18.7 Å². The SMILES string of the molecule is Cc1nc2ccc(NC(=O)Cn3cc(N)nn3)cc2o1. The van der Waals surface area contributed by atoms with E-state index in [0.717, 1.165) is 5.52 Å². The summed E-state index contributed by atoms with van der Waals surface area (Å²) < 4.78 is 6.77. The van der Waals surface area contributed by atoms with Crippen LogP contribution in [0.5, 0.6) is 0 Å². The molecular weight excluding hydrogens is 260 g/mol. The van der Waals surface area contributed by atoms with Crippen LogP contribution in [0.1, 0.15) is 5.89 Å². The molecule has 0 aliphatic carbocycles. The second-order valence-electron chi connectivity index (χ2n) is 4.30. The smallest absolute Gasteiger partial charge is 0.246 e. The summed E-state index contributed by atoms with van der Waals surface area (Å²) in [5.74, 6) is 0.628. The quantitative estimate of drug-likeness (QED) is 0.734. The van der Waals surface area contributed by atoms with Gasteiger partial charge in [-0.2, -0.15) is 0 Å². The van der Waals surface area contributed by atoms with Crippen molar-refractivity contribution in [2.24, 2.45) is 0 Å². The number of rotatable bonds is 3. The van der Waals surface area contributed by atoms with E-state index < -0.39 is 0 Å². The highest BCUT2D eigenvalue weighted by Crippen LogP contribution is 2.19. The Bertz CT molecular complexity index is 775. The molecule has 0 fully saturated rings. The van der Waals surface area contributed by atoms with E-state index in [2.05, 4.69) is 20.6 Å². The van der Waals surface area contributed by atoms with E-state index in [1.54, 1.807) is 25.1 Å². The number of benzene rings is 1. The fraction of sp³-hybridized carbons (Fsp3) is 0.167. The van der Waals surface area contributed by atoms with E-state index in [1.165, 1.54) is 10.9 Å². The molecule has 0 aliphatic heterocycles. The number of aromatic nitrogens is 4. The third-order valence-electron chi connectivity index (χ3n) is 2.64. The number of hydrogen-bond acceptors (Lipinski definition) is 6. The summed E-state index contributed by atoms with van der Waals surface area (Å²) in [4.78, 5) is 16.0. The molecule has 20 heavy (non-hydrogen) atoms. The largest absolute Gasteiger partial charge is 0.441 e. The number of nitrogens with two attached hydrogens (primary N) is 1. The first-order chi connectivity index (χ1) is 9.60. The average Bonchev–Trinajstić information content (AvgIpc) is 2.93. The summed E-state index contributed by atoms with van der Waals surface area (Å²) in [7, 11) is 0. The zero-order chi connectivity index (χ0) is 14.1. The lowest BCUT2D eigenvalue weighted by molar-refractivity contribution is -0.116. The highest BCUT2D eigenvalue weighted by Gasteiger charge is 2.08. The third-order valence-corrected chi connectivity index (χ3v) is 2.64. The maximum Gasteiger partial charge on any atom is 0.246 e. The minimum atomic E-state index is -0.231. The van der Waals surface area contributed by atoms with Crippen LogP contribution >= 0.6 is 0 Å². The molecule has 2 heterocycles. The van der Waals surface area contributed by atoms with Gasteiger partial charge in [-0.15, -0.1) is 5.10 Å². The molecule has 0 atom stereocenters. The van der Waals surface area contributed by atoms with Crippen LogP contribution in [-0.2, 0) is 11.3 Å². The number of hydrogen-bond donors (Lipinski definition) is 2. The average molecular weight is 272 g/mol. The summed E-state index contributed by atoms with van der Waals surface area (Å²) in [5, 5.41) is 10.1. The van der Waals surface area contributed by atoms with Crippen LogP contribution in [0.2, 0.25) is 0 Å². The number of nitrogen functional groups attached to an aromatic ring is 1. The van der Waals surface area contributed by atoms with Gasteiger partial charge in [-0.1, -0.05) is 5.21 Å². The number of carbonyl (C=O) groups is 1. The molecule has 0 saturated heterocycles. The van der Waals surface area contributed by atoms with E-state index in [1.807, 2.05) is 0 Å². The zero-order valence-corrected chi connectivity index (χ0v) is 10.7. The molecule has 0 aliphatic rings. The second-order valence-corrected chi connectivity index (χ2v) is 4.30. The molecule has 3 rings (SSSR count).